The minimum Gasteiger partial charge on any atom is -0.323 e. The fourth-order valence-electron chi connectivity index (χ4n) is 1.04. The average molecular weight is 283 g/mol. The predicted octanol–water partition coefficient (Wildman–Crippen LogP) is 3.90. The van der Waals surface area contributed by atoms with Crippen LogP contribution in [0.3, 0.4) is 0 Å². The third-order valence-electron chi connectivity index (χ3n) is 1.55. The quantitative estimate of drug-likeness (QED) is 0.836. The smallest absolute Gasteiger partial charge is 0.0438 e. The SMILES string of the molecule is C=C(C)C[C@H](N)c1sccc1Br.Cl. The Morgan fingerprint density at radius 3 is 2.77 bits per heavy atom. The van der Waals surface area contributed by atoms with E-state index < -0.39 is 0 Å². The van der Waals surface area contributed by atoms with Crippen molar-refractivity contribution >= 4 is 39.7 Å². The van der Waals surface area contributed by atoms with Gasteiger partial charge in [0, 0.05) is 15.4 Å². The average Bonchev–Trinajstić information content (AvgIpc) is 2.33. The van der Waals surface area contributed by atoms with Crippen LogP contribution in [0.15, 0.2) is 28.1 Å². The number of hydrogen-bond acceptors (Lipinski definition) is 2. The second-order valence-electron chi connectivity index (χ2n) is 2.90. The van der Waals surface area contributed by atoms with Gasteiger partial charge in [0.05, 0.1) is 0 Å². The maximum absolute atomic E-state index is 5.96. The first kappa shape index (κ1) is 13.2. The first-order valence-electron chi connectivity index (χ1n) is 3.74. The highest BCUT2D eigenvalue weighted by Crippen LogP contribution is 2.30. The van der Waals surface area contributed by atoms with Gasteiger partial charge in [-0.25, -0.2) is 0 Å². The van der Waals surface area contributed by atoms with Crippen LogP contribution in [-0.4, -0.2) is 0 Å². The number of rotatable bonds is 3. The molecule has 1 atom stereocenters. The molecule has 1 rings (SSSR count). The molecule has 2 N–H and O–H groups in total. The fourth-order valence-corrected chi connectivity index (χ4v) is 2.71. The monoisotopic (exact) mass is 281 g/mol. The molecule has 0 fully saturated rings. The van der Waals surface area contributed by atoms with Crippen LogP contribution < -0.4 is 5.73 Å². The van der Waals surface area contributed by atoms with Gasteiger partial charge in [-0.2, -0.15) is 0 Å². The summed E-state index contributed by atoms with van der Waals surface area (Å²) in [5.74, 6) is 0. The lowest BCUT2D eigenvalue weighted by Gasteiger charge is -2.09. The first-order chi connectivity index (χ1) is 5.61. The van der Waals surface area contributed by atoms with Crippen LogP contribution in [0.5, 0.6) is 0 Å². The van der Waals surface area contributed by atoms with Crippen LogP contribution in [0.4, 0.5) is 0 Å². The zero-order chi connectivity index (χ0) is 9.14. The molecule has 0 amide bonds. The summed E-state index contributed by atoms with van der Waals surface area (Å²) in [6.45, 7) is 5.85. The second-order valence-corrected chi connectivity index (χ2v) is 4.70. The summed E-state index contributed by atoms with van der Waals surface area (Å²) in [4.78, 5) is 1.21. The highest BCUT2D eigenvalue weighted by molar-refractivity contribution is 9.10. The second kappa shape index (κ2) is 5.81. The van der Waals surface area contributed by atoms with Crippen LogP contribution in [0.2, 0.25) is 0 Å². The van der Waals surface area contributed by atoms with Crippen molar-refractivity contribution in [1.82, 2.24) is 0 Å². The molecule has 0 spiro atoms. The molecular formula is C9H13BrClNS. The summed E-state index contributed by atoms with van der Waals surface area (Å²) in [5.41, 5.74) is 7.09. The van der Waals surface area contributed by atoms with Crippen LogP contribution in [0.1, 0.15) is 24.3 Å². The van der Waals surface area contributed by atoms with E-state index in [1.54, 1.807) is 11.3 Å². The van der Waals surface area contributed by atoms with Gasteiger partial charge in [0.25, 0.3) is 0 Å². The molecular weight excluding hydrogens is 270 g/mol. The Kier molecular flexibility index (Phi) is 5.88. The molecule has 4 heteroatoms. The maximum atomic E-state index is 5.96. The Labute approximate surface area is 97.6 Å². The molecule has 0 saturated heterocycles. The van der Waals surface area contributed by atoms with E-state index in [4.69, 9.17) is 5.73 Å². The largest absolute Gasteiger partial charge is 0.323 e. The lowest BCUT2D eigenvalue weighted by molar-refractivity contribution is 0.728. The highest BCUT2D eigenvalue weighted by Gasteiger charge is 2.10. The Morgan fingerprint density at radius 2 is 2.38 bits per heavy atom. The van der Waals surface area contributed by atoms with Crippen molar-refractivity contribution in [2.24, 2.45) is 5.73 Å². The predicted molar refractivity (Wildman–Crippen MR) is 65.6 cm³/mol. The van der Waals surface area contributed by atoms with E-state index in [0.717, 1.165) is 16.5 Å². The van der Waals surface area contributed by atoms with Gasteiger partial charge in [-0.05, 0) is 40.7 Å². The molecule has 1 heterocycles. The number of nitrogens with two attached hydrogens (primary N) is 1. The van der Waals surface area contributed by atoms with Gasteiger partial charge < -0.3 is 5.73 Å². The normalized spacial score (nSPS) is 11.9. The molecule has 1 nitrogen and oxygen atoms in total. The zero-order valence-corrected chi connectivity index (χ0v) is 10.6. The van der Waals surface area contributed by atoms with Crippen molar-refractivity contribution in [1.29, 1.82) is 0 Å². The number of thiophene rings is 1. The molecule has 0 aromatic carbocycles. The van der Waals surface area contributed by atoms with Crippen molar-refractivity contribution in [2.45, 2.75) is 19.4 Å². The van der Waals surface area contributed by atoms with Crippen LogP contribution in [0.25, 0.3) is 0 Å². The van der Waals surface area contributed by atoms with E-state index in [1.165, 1.54) is 4.88 Å². The summed E-state index contributed by atoms with van der Waals surface area (Å²) >= 11 is 5.14. The molecule has 0 aliphatic carbocycles. The zero-order valence-electron chi connectivity index (χ0n) is 7.42. The third kappa shape index (κ3) is 3.81. The van der Waals surface area contributed by atoms with Crippen molar-refractivity contribution in [2.75, 3.05) is 0 Å². The van der Waals surface area contributed by atoms with E-state index in [0.29, 0.717) is 0 Å². The number of hydrogen-bond donors (Lipinski definition) is 1. The van der Waals surface area contributed by atoms with Crippen LogP contribution in [-0.2, 0) is 0 Å². The molecule has 0 aliphatic rings. The molecule has 74 valence electrons. The van der Waals surface area contributed by atoms with E-state index in [-0.39, 0.29) is 18.4 Å². The lowest BCUT2D eigenvalue weighted by atomic mass is 10.1. The van der Waals surface area contributed by atoms with E-state index in [1.807, 2.05) is 18.4 Å². The summed E-state index contributed by atoms with van der Waals surface area (Å²) < 4.78 is 1.11. The van der Waals surface area contributed by atoms with E-state index in [2.05, 4.69) is 22.5 Å². The van der Waals surface area contributed by atoms with Gasteiger partial charge in [-0.3, -0.25) is 0 Å². The fraction of sp³-hybridized carbons (Fsp3) is 0.333. The van der Waals surface area contributed by atoms with Crippen molar-refractivity contribution in [3.05, 3.63) is 32.9 Å². The van der Waals surface area contributed by atoms with Gasteiger partial charge in [0.15, 0.2) is 0 Å². The van der Waals surface area contributed by atoms with Crippen molar-refractivity contribution in [3.63, 3.8) is 0 Å². The van der Waals surface area contributed by atoms with E-state index >= 15 is 0 Å². The molecule has 0 bridgehead atoms. The van der Waals surface area contributed by atoms with Gasteiger partial charge >= 0.3 is 0 Å². The Hall–Kier alpha value is 0.170. The third-order valence-corrected chi connectivity index (χ3v) is 3.55. The molecule has 0 aliphatic heterocycles. The Bertz CT molecular complexity index is 285. The van der Waals surface area contributed by atoms with Crippen LogP contribution >= 0.6 is 39.7 Å². The lowest BCUT2D eigenvalue weighted by Crippen LogP contribution is -2.08. The van der Waals surface area contributed by atoms with Gasteiger partial charge in [-0.15, -0.1) is 30.3 Å². The Morgan fingerprint density at radius 1 is 1.77 bits per heavy atom. The van der Waals surface area contributed by atoms with Crippen molar-refractivity contribution < 1.29 is 0 Å². The van der Waals surface area contributed by atoms with Gasteiger partial charge in [0.1, 0.15) is 0 Å². The maximum Gasteiger partial charge on any atom is 0.0438 e. The minimum atomic E-state index is 0. The topological polar surface area (TPSA) is 26.0 Å². The highest BCUT2D eigenvalue weighted by atomic mass is 79.9. The van der Waals surface area contributed by atoms with E-state index in [9.17, 15) is 0 Å². The molecule has 0 unspecified atom stereocenters. The summed E-state index contributed by atoms with van der Waals surface area (Å²) in [6.07, 6.45) is 0.860. The standard InChI is InChI=1S/C9H12BrNS.ClH/c1-6(2)5-8(11)9-7(10)3-4-12-9;/h3-4,8H,1,5,11H2,2H3;1H/t8-;/m0./s1. The minimum absolute atomic E-state index is 0. The number of halogens is 2. The summed E-state index contributed by atoms with van der Waals surface area (Å²) in [5, 5.41) is 2.04. The first-order valence-corrected chi connectivity index (χ1v) is 5.41. The molecule has 13 heavy (non-hydrogen) atoms. The molecule has 0 saturated carbocycles. The molecule has 0 radical (unpaired) electrons. The van der Waals surface area contributed by atoms with Gasteiger partial charge in [0.2, 0.25) is 0 Å². The van der Waals surface area contributed by atoms with Gasteiger partial charge in [-0.1, -0.05) is 5.57 Å². The summed E-state index contributed by atoms with van der Waals surface area (Å²) in [6, 6.07) is 2.12. The Balaban J connectivity index is 0.00000144. The van der Waals surface area contributed by atoms with Crippen LogP contribution in [0, 0.1) is 0 Å². The molecule has 1 aromatic heterocycles. The van der Waals surface area contributed by atoms with Crippen molar-refractivity contribution in [3.8, 4) is 0 Å². The summed E-state index contributed by atoms with van der Waals surface area (Å²) in [7, 11) is 0. The molecule has 1 aromatic rings.